The van der Waals surface area contributed by atoms with Gasteiger partial charge in [0, 0.05) is 7.05 Å². The molecule has 0 saturated carbocycles. The van der Waals surface area contributed by atoms with Crippen LogP contribution in [-0.2, 0) is 20.9 Å². The minimum absolute atomic E-state index is 0.109. The summed E-state index contributed by atoms with van der Waals surface area (Å²) in [6.45, 7) is 0.109. The minimum atomic E-state index is -1.26. The molecule has 5 heteroatoms. The number of carbonyl (C=O) groups excluding carboxylic acids is 2. The van der Waals surface area contributed by atoms with E-state index in [2.05, 4.69) is 0 Å². The van der Waals surface area contributed by atoms with Gasteiger partial charge in [-0.3, -0.25) is 4.79 Å². The standard InChI is InChI=1S/C17H15NO4/c1-18-13-9-5-6-10-14(13)22-15(16(18)19)17(20)21-11-12-7-3-2-4-8-12/h2-10,15H,11H2,1H3. The zero-order valence-corrected chi connectivity index (χ0v) is 12.1. The summed E-state index contributed by atoms with van der Waals surface area (Å²) >= 11 is 0. The van der Waals surface area contributed by atoms with Crippen molar-refractivity contribution in [1.82, 2.24) is 0 Å². The van der Waals surface area contributed by atoms with Crippen LogP contribution < -0.4 is 9.64 Å². The van der Waals surface area contributed by atoms with Crippen molar-refractivity contribution in [3.05, 3.63) is 60.2 Å². The molecule has 0 bridgehead atoms. The van der Waals surface area contributed by atoms with Gasteiger partial charge < -0.3 is 14.4 Å². The molecule has 0 aliphatic carbocycles. The molecule has 112 valence electrons. The number of benzene rings is 2. The van der Waals surface area contributed by atoms with Crippen LogP contribution in [0.4, 0.5) is 5.69 Å². The van der Waals surface area contributed by atoms with Crippen LogP contribution in [0.15, 0.2) is 54.6 Å². The van der Waals surface area contributed by atoms with Crippen molar-refractivity contribution >= 4 is 17.6 Å². The SMILES string of the molecule is CN1C(=O)C(C(=O)OCc2ccccc2)Oc2ccccc21. The molecule has 0 spiro atoms. The third-order valence-corrected chi connectivity index (χ3v) is 3.46. The van der Waals surface area contributed by atoms with Crippen molar-refractivity contribution in [1.29, 1.82) is 0 Å². The topological polar surface area (TPSA) is 55.8 Å². The summed E-state index contributed by atoms with van der Waals surface area (Å²) in [7, 11) is 1.61. The van der Waals surface area contributed by atoms with E-state index < -0.39 is 18.0 Å². The first kappa shape index (κ1) is 14.1. The first-order valence-corrected chi connectivity index (χ1v) is 6.90. The molecule has 1 heterocycles. The summed E-state index contributed by atoms with van der Waals surface area (Å²) in [5, 5.41) is 0. The number of nitrogens with zero attached hydrogens (tertiary/aromatic N) is 1. The lowest BCUT2D eigenvalue weighted by atomic mass is 10.2. The van der Waals surface area contributed by atoms with Gasteiger partial charge in [-0.2, -0.15) is 0 Å². The zero-order valence-electron chi connectivity index (χ0n) is 12.1. The lowest BCUT2D eigenvalue weighted by molar-refractivity contribution is -0.157. The lowest BCUT2D eigenvalue weighted by Gasteiger charge is -2.30. The molecular weight excluding hydrogens is 282 g/mol. The van der Waals surface area contributed by atoms with Gasteiger partial charge in [-0.15, -0.1) is 0 Å². The van der Waals surface area contributed by atoms with E-state index in [0.717, 1.165) is 5.56 Å². The van der Waals surface area contributed by atoms with Crippen LogP contribution in [0.3, 0.4) is 0 Å². The predicted molar refractivity (Wildman–Crippen MR) is 80.5 cm³/mol. The third kappa shape index (κ3) is 2.65. The van der Waals surface area contributed by atoms with Crippen LogP contribution in [0.25, 0.3) is 0 Å². The Morgan fingerprint density at radius 1 is 1.14 bits per heavy atom. The molecule has 0 aromatic heterocycles. The number of esters is 1. The second kappa shape index (κ2) is 5.89. The van der Waals surface area contributed by atoms with E-state index >= 15 is 0 Å². The van der Waals surface area contributed by atoms with Gasteiger partial charge in [0.25, 0.3) is 12.0 Å². The zero-order chi connectivity index (χ0) is 15.5. The van der Waals surface area contributed by atoms with Gasteiger partial charge in [0.1, 0.15) is 12.4 Å². The average molecular weight is 297 g/mol. The fourth-order valence-corrected chi connectivity index (χ4v) is 2.26. The molecule has 5 nitrogen and oxygen atoms in total. The molecule has 3 rings (SSSR count). The molecule has 0 saturated heterocycles. The van der Waals surface area contributed by atoms with Gasteiger partial charge in [-0.1, -0.05) is 42.5 Å². The Labute approximate surface area is 128 Å². The normalized spacial score (nSPS) is 16.7. The Kier molecular flexibility index (Phi) is 3.78. The van der Waals surface area contributed by atoms with Gasteiger partial charge in [0.15, 0.2) is 0 Å². The molecule has 0 radical (unpaired) electrons. The van der Waals surface area contributed by atoms with E-state index in [-0.39, 0.29) is 6.61 Å². The number of fused-ring (bicyclic) bond motifs is 1. The van der Waals surface area contributed by atoms with Crippen molar-refractivity contribution in [2.75, 3.05) is 11.9 Å². The number of anilines is 1. The van der Waals surface area contributed by atoms with E-state index in [0.29, 0.717) is 11.4 Å². The van der Waals surface area contributed by atoms with E-state index in [1.54, 1.807) is 31.3 Å². The maximum Gasteiger partial charge on any atom is 0.357 e. The predicted octanol–water partition coefficient (Wildman–Crippen LogP) is 2.15. The van der Waals surface area contributed by atoms with Gasteiger partial charge in [-0.05, 0) is 17.7 Å². The largest absolute Gasteiger partial charge is 0.466 e. The first-order valence-electron chi connectivity index (χ1n) is 6.90. The first-order chi connectivity index (χ1) is 10.7. The van der Waals surface area contributed by atoms with Crippen LogP contribution in [0.5, 0.6) is 5.75 Å². The lowest BCUT2D eigenvalue weighted by Crippen LogP contribution is -2.48. The fraction of sp³-hybridized carbons (Fsp3) is 0.176. The van der Waals surface area contributed by atoms with Crippen LogP contribution in [0, 0.1) is 0 Å². The highest BCUT2D eigenvalue weighted by Gasteiger charge is 2.38. The molecule has 1 aliphatic rings. The molecule has 2 aromatic rings. The van der Waals surface area contributed by atoms with Crippen molar-refractivity contribution in [3.8, 4) is 5.75 Å². The van der Waals surface area contributed by atoms with Gasteiger partial charge >= 0.3 is 5.97 Å². The second-order valence-corrected chi connectivity index (χ2v) is 4.96. The number of likely N-dealkylation sites (N-methyl/N-ethyl adjacent to an activating group) is 1. The molecule has 1 aliphatic heterocycles. The molecule has 0 fully saturated rings. The monoisotopic (exact) mass is 297 g/mol. The Balaban J connectivity index is 1.72. The number of hydrogen-bond donors (Lipinski definition) is 0. The van der Waals surface area contributed by atoms with E-state index in [1.165, 1.54) is 4.90 Å². The highest BCUT2D eigenvalue weighted by Crippen LogP contribution is 2.32. The molecule has 2 aromatic carbocycles. The highest BCUT2D eigenvalue weighted by molar-refractivity contribution is 6.10. The maximum atomic E-state index is 12.2. The summed E-state index contributed by atoms with van der Waals surface area (Å²) in [4.78, 5) is 25.8. The Bertz CT molecular complexity index is 699. The number of carbonyl (C=O) groups is 2. The van der Waals surface area contributed by atoms with E-state index in [9.17, 15) is 9.59 Å². The number of para-hydroxylation sites is 2. The van der Waals surface area contributed by atoms with Crippen molar-refractivity contribution in [3.63, 3.8) is 0 Å². The number of hydrogen-bond acceptors (Lipinski definition) is 4. The third-order valence-electron chi connectivity index (χ3n) is 3.46. The Morgan fingerprint density at radius 2 is 1.82 bits per heavy atom. The summed E-state index contributed by atoms with van der Waals surface area (Å²) in [6, 6.07) is 16.4. The molecule has 1 amide bonds. The summed E-state index contributed by atoms with van der Waals surface area (Å²) in [6.07, 6.45) is -1.26. The molecule has 0 N–H and O–H groups in total. The van der Waals surface area contributed by atoms with E-state index in [4.69, 9.17) is 9.47 Å². The van der Waals surface area contributed by atoms with Crippen molar-refractivity contribution in [2.24, 2.45) is 0 Å². The van der Waals surface area contributed by atoms with Crippen LogP contribution in [0.2, 0.25) is 0 Å². The highest BCUT2D eigenvalue weighted by atomic mass is 16.6. The summed E-state index contributed by atoms with van der Waals surface area (Å²) < 4.78 is 10.7. The minimum Gasteiger partial charge on any atom is -0.466 e. The fourth-order valence-electron chi connectivity index (χ4n) is 2.26. The molecule has 1 unspecified atom stereocenters. The Hall–Kier alpha value is -2.82. The van der Waals surface area contributed by atoms with Gasteiger partial charge in [0.05, 0.1) is 5.69 Å². The van der Waals surface area contributed by atoms with Gasteiger partial charge in [0.2, 0.25) is 0 Å². The summed E-state index contributed by atoms with van der Waals surface area (Å²) in [5.74, 6) is -0.627. The smallest absolute Gasteiger partial charge is 0.357 e. The molecule has 22 heavy (non-hydrogen) atoms. The molecule has 1 atom stereocenters. The number of amides is 1. The number of ether oxygens (including phenoxy) is 2. The van der Waals surface area contributed by atoms with Crippen molar-refractivity contribution in [2.45, 2.75) is 12.7 Å². The second-order valence-electron chi connectivity index (χ2n) is 4.96. The Morgan fingerprint density at radius 3 is 2.59 bits per heavy atom. The number of rotatable bonds is 3. The molecular formula is C17H15NO4. The average Bonchev–Trinajstić information content (AvgIpc) is 2.57. The van der Waals surface area contributed by atoms with Crippen LogP contribution in [-0.4, -0.2) is 25.0 Å². The van der Waals surface area contributed by atoms with Gasteiger partial charge in [-0.25, -0.2) is 4.79 Å². The van der Waals surface area contributed by atoms with Crippen LogP contribution in [0.1, 0.15) is 5.56 Å². The quantitative estimate of drug-likeness (QED) is 0.643. The maximum absolute atomic E-state index is 12.2. The van der Waals surface area contributed by atoms with Crippen molar-refractivity contribution < 1.29 is 19.1 Å². The summed E-state index contributed by atoms with van der Waals surface area (Å²) in [5.41, 5.74) is 1.49. The van der Waals surface area contributed by atoms with Crippen LogP contribution >= 0.6 is 0 Å². The van der Waals surface area contributed by atoms with E-state index in [1.807, 2.05) is 30.3 Å².